The monoisotopic (exact) mass is 415 g/mol. The van der Waals surface area contributed by atoms with Gasteiger partial charge in [0.2, 0.25) is 5.95 Å². The van der Waals surface area contributed by atoms with Crippen LogP contribution in [-0.4, -0.2) is 46.8 Å². The quantitative estimate of drug-likeness (QED) is 0.549. The molecule has 0 amide bonds. The van der Waals surface area contributed by atoms with Crippen LogP contribution in [0.2, 0.25) is 0 Å². The number of likely N-dealkylation sites (N-methyl/N-ethyl adjacent to an activating group) is 1. The highest BCUT2D eigenvalue weighted by Gasteiger charge is 2.34. The molecule has 3 heterocycles. The second kappa shape index (κ2) is 7.87. The molecule has 1 atom stereocenters. The van der Waals surface area contributed by atoms with Gasteiger partial charge < -0.3 is 25.2 Å². The van der Waals surface area contributed by atoms with Crippen molar-refractivity contribution >= 4 is 35.9 Å². The van der Waals surface area contributed by atoms with Gasteiger partial charge >= 0.3 is 7.12 Å². The molecule has 2 aliphatic heterocycles. The van der Waals surface area contributed by atoms with Gasteiger partial charge in [-0.15, -0.1) is 0 Å². The summed E-state index contributed by atoms with van der Waals surface area (Å²) >= 11 is 0. The van der Waals surface area contributed by atoms with Gasteiger partial charge in [0.1, 0.15) is 11.6 Å². The second-order valence-corrected chi connectivity index (χ2v) is 8.33. The largest absolute Gasteiger partial charge is 0.488 e. The highest BCUT2D eigenvalue weighted by molar-refractivity contribution is 6.59. The average Bonchev–Trinajstić information content (AvgIpc) is 3.31. The van der Waals surface area contributed by atoms with Gasteiger partial charge in [-0.05, 0) is 42.4 Å². The Morgan fingerprint density at radius 3 is 2.65 bits per heavy atom. The van der Waals surface area contributed by atoms with Gasteiger partial charge in [0.15, 0.2) is 0 Å². The minimum absolute atomic E-state index is 0.113. The number of nitrogens with one attached hydrogen (secondary N) is 1. The Morgan fingerprint density at radius 2 is 1.87 bits per heavy atom. The molecule has 0 saturated carbocycles. The lowest BCUT2D eigenvalue weighted by molar-refractivity contribution is 0.425. The maximum absolute atomic E-state index is 9.80. The highest BCUT2D eigenvalue weighted by atomic mass is 16.4. The van der Waals surface area contributed by atoms with Gasteiger partial charge in [0.25, 0.3) is 0 Å². The van der Waals surface area contributed by atoms with Crippen molar-refractivity contribution in [2.75, 3.05) is 28.7 Å². The van der Waals surface area contributed by atoms with Crippen molar-refractivity contribution in [1.82, 2.24) is 9.97 Å². The number of nitrogens with zero attached hydrogens (tertiary/aromatic N) is 4. The molecule has 3 N–H and O–H groups in total. The molecule has 5 rings (SSSR count). The number of fused-ring (bicyclic) bond motifs is 2. The summed E-state index contributed by atoms with van der Waals surface area (Å²) < 4.78 is 0. The van der Waals surface area contributed by atoms with E-state index in [1.54, 1.807) is 6.07 Å². The van der Waals surface area contributed by atoms with Crippen molar-refractivity contribution in [3.8, 4) is 0 Å². The van der Waals surface area contributed by atoms with Crippen LogP contribution in [0, 0.1) is 0 Å². The van der Waals surface area contributed by atoms with Crippen LogP contribution in [0.1, 0.15) is 23.6 Å². The summed E-state index contributed by atoms with van der Waals surface area (Å²) in [6.07, 6.45) is 1.63. The van der Waals surface area contributed by atoms with Crippen molar-refractivity contribution in [3.05, 3.63) is 65.2 Å². The summed E-state index contributed by atoms with van der Waals surface area (Å²) in [5.74, 6) is 2.46. The molecule has 8 heteroatoms. The fourth-order valence-corrected chi connectivity index (χ4v) is 4.64. The van der Waals surface area contributed by atoms with E-state index in [4.69, 9.17) is 9.97 Å². The zero-order valence-corrected chi connectivity index (χ0v) is 17.8. The van der Waals surface area contributed by atoms with Gasteiger partial charge in [-0.1, -0.05) is 42.5 Å². The Labute approximate surface area is 182 Å². The average molecular weight is 415 g/mol. The van der Waals surface area contributed by atoms with Crippen LogP contribution < -0.4 is 20.6 Å². The molecule has 0 radical (unpaired) electrons. The summed E-state index contributed by atoms with van der Waals surface area (Å²) in [6.45, 7) is 3.73. The maximum atomic E-state index is 9.80. The minimum Gasteiger partial charge on any atom is -0.423 e. The van der Waals surface area contributed by atoms with Gasteiger partial charge in [-0.2, -0.15) is 9.97 Å². The number of anilines is 4. The molecule has 0 bridgehead atoms. The molecule has 0 saturated heterocycles. The smallest absolute Gasteiger partial charge is 0.423 e. The van der Waals surface area contributed by atoms with Gasteiger partial charge in [-0.3, -0.25) is 0 Å². The lowest BCUT2D eigenvalue weighted by Gasteiger charge is -2.25. The summed E-state index contributed by atoms with van der Waals surface area (Å²) in [4.78, 5) is 14.2. The van der Waals surface area contributed by atoms with Gasteiger partial charge in [0.05, 0.1) is 0 Å². The van der Waals surface area contributed by atoms with E-state index < -0.39 is 7.12 Å². The predicted molar refractivity (Wildman–Crippen MR) is 124 cm³/mol. The molecule has 1 unspecified atom stereocenters. The Kier molecular flexibility index (Phi) is 5.04. The number of benzene rings is 2. The number of hydrogen-bond donors (Lipinski definition) is 3. The van der Waals surface area contributed by atoms with Gasteiger partial charge in [-0.25, -0.2) is 0 Å². The molecule has 31 heavy (non-hydrogen) atoms. The Bertz CT molecular complexity index is 1110. The zero-order chi connectivity index (χ0) is 21.5. The molecule has 0 fully saturated rings. The first kappa shape index (κ1) is 19.8. The lowest BCUT2D eigenvalue weighted by atomic mass is 9.76. The summed E-state index contributed by atoms with van der Waals surface area (Å²) in [6, 6.07) is 16.0. The summed E-state index contributed by atoms with van der Waals surface area (Å²) in [5.41, 5.74) is 4.78. The molecular weight excluding hydrogens is 389 g/mol. The van der Waals surface area contributed by atoms with E-state index in [1.165, 1.54) is 5.56 Å². The third-order valence-electron chi connectivity index (χ3n) is 6.22. The molecule has 2 aliphatic rings. The SMILES string of the molecule is CC1Cc2c(B(O)O)cccc2N1c1nc(NCc2ccccc2)c2c(n1)N(C)CC2. The Hall–Kier alpha value is -3.10. The van der Waals surface area contributed by atoms with Crippen molar-refractivity contribution in [2.24, 2.45) is 0 Å². The van der Waals surface area contributed by atoms with Crippen LogP contribution in [-0.2, 0) is 19.4 Å². The third kappa shape index (κ3) is 3.51. The van der Waals surface area contributed by atoms with E-state index in [0.29, 0.717) is 24.4 Å². The first-order valence-corrected chi connectivity index (χ1v) is 10.7. The van der Waals surface area contributed by atoms with Gasteiger partial charge in [0, 0.05) is 37.4 Å². The number of hydrogen-bond acceptors (Lipinski definition) is 7. The molecule has 3 aromatic rings. The fourth-order valence-electron chi connectivity index (χ4n) is 4.64. The van der Waals surface area contributed by atoms with Crippen LogP contribution in [0.25, 0.3) is 0 Å². The Balaban J connectivity index is 1.55. The van der Waals surface area contributed by atoms with E-state index >= 15 is 0 Å². The van der Waals surface area contributed by atoms with E-state index in [2.05, 4.69) is 41.2 Å². The number of aromatic nitrogens is 2. The van der Waals surface area contributed by atoms with E-state index in [-0.39, 0.29) is 6.04 Å². The van der Waals surface area contributed by atoms with Crippen molar-refractivity contribution in [3.63, 3.8) is 0 Å². The molecule has 158 valence electrons. The summed E-state index contributed by atoms with van der Waals surface area (Å²) in [5, 5.41) is 23.1. The van der Waals surface area contributed by atoms with E-state index in [1.807, 2.05) is 30.3 Å². The first-order chi connectivity index (χ1) is 15.0. The van der Waals surface area contributed by atoms with Crippen LogP contribution >= 0.6 is 0 Å². The maximum Gasteiger partial charge on any atom is 0.488 e. The Morgan fingerprint density at radius 1 is 1.06 bits per heavy atom. The van der Waals surface area contributed by atoms with E-state index in [0.717, 1.165) is 41.4 Å². The molecule has 0 spiro atoms. The predicted octanol–water partition coefficient (Wildman–Crippen LogP) is 1.84. The normalized spacial score (nSPS) is 17.0. The van der Waals surface area contributed by atoms with Crippen LogP contribution in [0.4, 0.5) is 23.3 Å². The van der Waals surface area contributed by atoms with Crippen LogP contribution in [0.15, 0.2) is 48.5 Å². The van der Waals surface area contributed by atoms with Crippen LogP contribution in [0.5, 0.6) is 0 Å². The van der Waals surface area contributed by atoms with E-state index in [9.17, 15) is 10.0 Å². The topological polar surface area (TPSA) is 84.8 Å². The molecule has 7 nitrogen and oxygen atoms in total. The molecular formula is C23H26BN5O2. The number of rotatable bonds is 5. The van der Waals surface area contributed by atoms with Crippen molar-refractivity contribution in [2.45, 2.75) is 32.4 Å². The molecule has 0 aliphatic carbocycles. The molecule has 1 aromatic heterocycles. The zero-order valence-electron chi connectivity index (χ0n) is 17.8. The van der Waals surface area contributed by atoms with Crippen molar-refractivity contribution in [1.29, 1.82) is 0 Å². The lowest BCUT2D eigenvalue weighted by Crippen LogP contribution is -2.32. The summed E-state index contributed by atoms with van der Waals surface area (Å²) in [7, 11) is 0.572. The van der Waals surface area contributed by atoms with Crippen molar-refractivity contribution < 1.29 is 10.0 Å². The molecule has 2 aromatic carbocycles. The second-order valence-electron chi connectivity index (χ2n) is 8.33. The fraction of sp³-hybridized carbons (Fsp3) is 0.304. The van der Waals surface area contributed by atoms with Crippen LogP contribution in [0.3, 0.4) is 0 Å². The third-order valence-corrected chi connectivity index (χ3v) is 6.22. The highest BCUT2D eigenvalue weighted by Crippen LogP contribution is 2.39. The standard InChI is InChI=1S/C23H26BN5O2/c1-15-13-18-19(24(30)31)9-6-10-20(18)29(15)23-26-21(17-11-12-28(2)22(17)27-23)25-14-16-7-4-3-5-8-16/h3-10,15,30-31H,11-14H2,1-2H3,(H,25,26,27). The first-order valence-electron chi connectivity index (χ1n) is 10.7. The minimum atomic E-state index is -1.49.